The number of anilines is 2. The Labute approximate surface area is 171 Å². The fourth-order valence-corrected chi connectivity index (χ4v) is 3.59. The molecule has 1 atom stereocenters. The van der Waals surface area contributed by atoms with Gasteiger partial charge in [0, 0.05) is 33.3 Å². The molecule has 0 saturated carbocycles. The number of aromatic nitrogens is 1. The SMILES string of the molecule is CCC(C(=O)N1CCN(c2ccc(NC(=O)COC)cn2)CC1)c1ccccc1. The first-order valence-electron chi connectivity index (χ1n) is 9.96. The van der Waals surface area contributed by atoms with Crippen molar-refractivity contribution in [3.63, 3.8) is 0 Å². The summed E-state index contributed by atoms with van der Waals surface area (Å²) in [5.41, 5.74) is 1.72. The van der Waals surface area contributed by atoms with Gasteiger partial charge in [0.15, 0.2) is 0 Å². The van der Waals surface area contributed by atoms with Crippen LogP contribution < -0.4 is 10.2 Å². The molecule has 1 aliphatic heterocycles. The first-order chi connectivity index (χ1) is 14.1. The second-order valence-electron chi connectivity index (χ2n) is 7.07. The first-order valence-corrected chi connectivity index (χ1v) is 9.96. The Hall–Kier alpha value is -2.93. The third kappa shape index (κ3) is 5.32. The maximum absolute atomic E-state index is 13.0. The van der Waals surface area contributed by atoms with Gasteiger partial charge >= 0.3 is 0 Å². The lowest BCUT2D eigenvalue weighted by atomic mass is 9.95. The van der Waals surface area contributed by atoms with Crippen LogP contribution in [0.15, 0.2) is 48.7 Å². The molecule has 1 fully saturated rings. The average molecular weight is 396 g/mol. The molecule has 1 aromatic carbocycles. The van der Waals surface area contributed by atoms with Crippen LogP contribution in [-0.4, -0.2) is 61.6 Å². The first kappa shape index (κ1) is 20.8. The normalized spacial score (nSPS) is 15.1. The number of benzene rings is 1. The summed E-state index contributed by atoms with van der Waals surface area (Å²) in [4.78, 5) is 33.2. The van der Waals surface area contributed by atoms with Crippen LogP contribution in [0.1, 0.15) is 24.8 Å². The zero-order valence-electron chi connectivity index (χ0n) is 17.0. The van der Waals surface area contributed by atoms with Crippen molar-refractivity contribution in [3.8, 4) is 0 Å². The Balaban J connectivity index is 1.56. The number of nitrogens with zero attached hydrogens (tertiary/aromatic N) is 3. The molecule has 1 aliphatic rings. The van der Waals surface area contributed by atoms with Gasteiger partial charge in [-0.05, 0) is 24.1 Å². The van der Waals surface area contributed by atoms with Crippen LogP contribution in [0, 0.1) is 0 Å². The third-order valence-corrected chi connectivity index (χ3v) is 5.13. The highest BCUT2D eigenvalue weighted by molar-refractivity contribution is 5.91. The maximum atomic E-state index is 13.0. The number of ether oxygens (including phenoxy) is 1. The lowest BCUT2D eigenvalue weighted by molar-refractivity contribution is -0.133. The zero-order valence-corrected chi connectivity index (χ0v) is 17.0. The summed E-state index contributed by atoms with van der Waals surface area (Å²) >= 11 is 0. The van der Waals surface area contributed by atoms with Gasteiger partial charge < -0.3 is 19.9 Å². The van der Waals surface area contributed by atoms with Crippen molar-refractivity contribution in [2.45, 2.75) is 19.3 Å². The van der Waals surface area contributed by atoms with Crippen LogP contribution in [0.3, 0.4) is 0 Å². The van der Waals surface area contributed by atoms with E-state index >= 15 is 0 Å². The van der Waals surface area contributed by atoms with Crippen LogP contribution in [0.5, 0.6) is 0 Å². The van der Waals surface area contributed by atoms with E-state index in [0.717, 1.165) is 30.9 Å². The molecule has 0 spiro atoms. The van der Waals surface area contributed by atoms with Crippen LogP contribution in [0.25, 0.3) is 0 Å². The molecule has 2 amide bonds. The summed E-state index contributed by atoms with van der Waals surface area (Å²) in [7, 11) is 1.48. The van der Waals surface area contributed by atoms with Gasteiger partial charge in [-0.3, -0.25) is 9.59 Å². The van der Waals surface area contributed by atoms with Gasteiger partial charge in [-0.25, -0.2) is 4.98 Å². The molecule has 7 heteroatoms. The number of hydrogen-bond donors (Lipinski definition) is 1. The summed E-state index contributed by atoms with van der Waals surface area (Å²) < 4.78 is 4.80. The second kappa shape index (κ2) is 10.0. The number of hydrogen-bond acceptors (Lipinski definition) is 5. The molecule has 3 rings (SSSR count). The van der Waals surface area contributed by atoms with Gasteiger partial charge in [-0.1, -0.05) is 37.3 Å². The minimum Gasteiger partial charge on any atom is -0.375 e. The standard InChI is InChI=1S/C22H28N4O3/c1-3-19(17-7-5-4-6-8-17)22(28)26-13-11-25(12-14-26)20-10-9-18(15-23-20)24-21(27)16-29-2/h4-10,15,19H,3,11-14,16H2,1-2H3,(H,24,27). The Kier molecular flexibility index (Phi) is 7.19. The van der Waals surface area contributed by atoms with E-state index in [9.17, 15) is 9.59 Å². The fourth-order valence-electron chi connectivity index (χ4n) is 3.59. The highest BCUT2D eigenvalue weighted by Crippen LogP contribution is 2.23. The lowest BCUT2D eigenvalue weighted by Gasteiger charge is -2.37. The third-order valence-electron chi connectivity index (χ3n) is 5.13. The van der Waals surface area contributed by atoms with Crippen LogP contribution in [0.2, 0.25) is 0 Å². The number of carbonyl (C=O) groups excluding carboxylic acids is 2. The van der Waals surface area contributed by atoms with E-state index in [-0.39, 0.29) is 24.3 Å². The molecule has 1 unspecified atom stereocenters. The van der Waals surface area contributed by atoms with Crippen molar-refractivity contribution < 1.29 is 14.3 Å². The molecule has 1 N–H and O–H groups in total. The Morgan fingerprint density at radius 3 is 2.41 bits per heavy atom. The van der Waals surface area contributed by atoms with Gasteiger partial charge in [0.05, 0.1) is 17.8 Å². The summed E-state index contributed by atoms with van der Waals surface area (Å²) in [6.07, 6.45) is 2.43. The highest BCUT2D eigenvalue weighted by Gasteiger charge is 2.27. The summed E-state index contributed by atoms with van der Waals surface area (Å²) in [5, 5.41) is 2.73. The van der Waals surface area contributed by atoms with E-state index < -0.39 is 0 Å². The number of nitrogens with one attached hydrogen (secondary N) is 1. The molecule has 2 aromatic rings. The van der Waals surface area contributed by atoms with Crippen molar-refractivity contribution in [3.05, 3.63) is 54.2 Å². The largest absolute Gasteiger partial charge is 0.375 e. The van der Waals surface area contributed by atoms with Gasteiger partial charge in [-0.2, -0.15) is 0 Å². The van der Waals surface area contributed by atoms with Crippen molar-refractivity contribution in [2.24, 2.45) is 0 Å². The molecule has 7 nitrogen and oxygen atoms in total. The molecule has 29 heavy (non-hydrogen) atoms. The van der Waals surface area contributed by atoms with E-state index in [1.54, 1.807) is 6.20 Å². The van der Waals surface area contributed by atoms with Gasteiger partial charge in [0.2, 0.25) is 11.8 Å². The lowest BCUT2D eigenvalue weighted by Crippen LogP contribution is -2.50. The fraction of sp³-hybridized carbons (Fsp3) is 0.409. The second-order valence-corrected chi connectivity index (χ2v) is 7.07. The minimum atomic E-state index is -0.210. The minimum absolute atomic E-state index is 0.0134. The number of amides is 2. The van der Waals surface area contributed by atoms with E-state index in [0.29, 0.717) is 18.8 Å². The number of methoxy groups -OCH3 is 1. The monoisotopic (exact) mass is 396 g/mol. The summed E-state index contributed by atoms with van der Waals surface area (Å²) in [6, 6.07) is 13.7. The predicted octanol–water partition coefficient (Wildman–Crippen LogP) is 2.51. The molecule has 154 valence electrons. The van der Waals surface area contributed by atoms with Gasteiger partial charge in [-0.15, -0.1) is 0 Å². The number of piperazine rings is 1. The van der Waals surface area contributed by atoms with Gasteiger partial charge in [0.25, 0.3) is 0 Å². The summed E-state index contributed by atoms with van der Waals surface area (Å²) in [6.45, 7) is 4.90. The molecule has 2 heterocycles. The Morgan fingerprint density at radius 1 is 1.10 bits per heavy atom. The smallest absolute Gasteiger partial charge is 0.250 e. The molecular formula is C22H28N4O3. The van der Waals surface area contributed by atoms with E-state index in [1.807, 2.05) is 47.4 Å². The number of carbonyl (C=O) groups is 2. The van der Waals surface area contributed by atoms with Gasteiger partial charge in [0.1, 0.15) is 12.4 Å². The molecule has 1 aromatic heterocycles. The number of pyridine rings is 1. The molecule has 0 radical (unpaired) electrons. The van der Waals surface area contributed by atoms with Crippen LogP contribution in [-0.2, 0) is 14.3 Å². The van der Waals surface area contributed by atoms with Crippen molar-refractivity contribution >= 4 is 23.3 Å². The molecule has 1 saturated heterocycles. The topological polar surface area (TPSA) is 74.8 Å². The van der Waals surface area contributed by atoms with Crippen molar-refractivity contribution in [1.29, 1.82) is 0 Å². The average Bonchev–Trinajstić information content (AvgIpc) is 2.76. The highest BCUT2D eigenvalue weighted by atomic mass is 16.5. The summed E-state index contributed by atoms with van der Waals surface area (Å²) in [5.74, 6) is 0.744. The van der Waals surface area contributed by atoms with E-state index in [1.165, 1.54) is 7.11 Å². The molecular weight excluding hydrogens is 368 g/mol. The maximum Gasteiger partial charge on any atom is 0.250 e. The van der Waals surface area contributed by atoms with E-state index in [2.05, 4.69) is 22.1 Å². The Bertz CT molecular complexity index is 803. The Morgan fingerprint density at radius 2 is 1.83 bits per heavy atom. The van der Waals surface area contributed by atoms with Crippen molar-refractivity contribution in [2.75, 3.05) is 50.1 Å². The van der Waals surface area contributed by atoms with Crippen molar-refractivity contribution in [1.82, 2.24) is 9.88 Å². The van der Waals surface area contributed by atoms with E-state index in [4.69, 9.17) is 4.74 Å². The predicted molar refractivity (Wildman–Crippen MR) is 113 cm³/mol. The number of rotatable bonds is 7. The van der Waals surface area contributed by atoms with Crippen LogP contribution in [0.4, 0.5) is 11.5 Å². The van der Waals surface area contributed by atoms with Crippen LogP contribution >= 0.6 is 0 Å². The molecule has 0 aliphatic carbocycles. The molecule has 0 bridgehead atoms. The zero-order chi connectivity index (χ0) is 20.6. The quantitative estimate of drug-likeness (QED) is 0.778.